The molecular formula is C17H15ClN4O4. The maximum Gasteiger partial charge on any atom is 0.288 e. The lowest BCUT2D eigenvalue weighted by molar-refractivity contribution is -0.384. The molecule has 0 unspecified atom stereocenters. The third-order valence-electron chi connectivity index (χ3n) is 4.16. The topological polar surface area (TPSA) is 115 Å². The van der Waals surface area contributed by atoms with Gasteiger partial charge in [0.2, 0.25) is 5.95 Å². The monoisotopic (exact) mass is 374 g/mol. The van der Waals surface area contributed by atoms with Crippen LogP contribution in [0.4, 0.5) is 11.6 Å². The number of nitro groups is 1. The van der Waals surface area contributed by atoms with Crippen molar-refractivity contribution in [2.45, 2.75) is 26.7 Å². The van der Waals surface area contributed by atoms with Crippen LogP contribution in [0.15, 0.2) is 18.2 Å². The minimum Gasteiger partial charge on any atom is -0.294 e. The summed E-state index contributed by atoms with van der Waals surface area (Å²) in [6, 6.07) is 3.96. The van der Waals surface area contributed by atoms with E-state index in [4.69, 9.17) is 11.6 Å². The number of ketones is 1. The van der Waals surface area contributed by atoms with Gasteiger partial charge in [-0.15, -0.1) is 0 Å². The van der Waals surface area contributed by atoms with Crippen molar-refractivity contribution in [2.75, 3.05) is 5.32 Å². The molecule has 8 nitrogen and oxygen atoms in total. The van der Waals surface area contributed by atoms with Crippen LogP contribution in [-0.4, -0.2) is 26.6 Å². The Morgan fingerprint density at radius 2 is 2.08 bits per heavy atom. The van der Waals surface area contributed by atoms with Crippen molar-refractivity contribution in [3.05, 3.63) is 55.9 Å². The highest BCUT2D eigenvalue weighted by molar-refractivity contribution is 6.36. The number of fused-ring (bicyclic) bond motifs is 1. The Morgan fingerprint density at radius 1 is 1.35 bits per heavy atom. The molecule has 0 saturated heterocycles. The molecule has 2 aromatic rings. The van der Waals surface area contributed by atoms with Crippen LogP contribution >= 0.6 is 11.6 Å². The van der Waals surface area contributed by atoms with Crippen molar-refractivity contribution >= 4 is 34.9 Å². The maximum atomic E-state index is 12.5. The molecule has 0 bridgehead atoms. The summed E-state index contributed by atoms with van der Waals surface area (Å²) in [5.74, 6) is -0.459. The molecule has 134 valence electrons. The summed E-state index contributed by atoms with van der Waals surface area (Å²) in [7, 11) is 0. The number of nitrogens with zero attached hydrogens (tertiary/aromatic N) is 3. The number of carbonyl (C=O) groups is 2. The number of rotatable bonds is 3. The van der Waals surface area contributed by atoms with Crippen LogP contribution in [0.25, 0.3) is 0 Å². The summed E-state index contributed by atoms with van der Waals surface area (Å²) in [5, 5.41) is 13.2. The van der Waals surface area contributed by atoms with Gasteiger partial charge in [0.05, 0.1) is 27.4 Å². The van der Waals surface area contributed by atoms with Gasteiger partial charge in [-0.2, -0.15) is 0 Å². The minimum absolute atomic E-state index is 0.00384. The summed E-state index contributed by atoms with van der Waals surface area (Å²) >= 11 is 5.96. The molecule has 1 N–H and O–H groups in total. The molecule has 0 aliphatic heterocycles. The van der Waals surface area contributed by atoms with Gasteiger partial charge in [-0.05, 0) is 25.3 Å². The van der Waals surface area contributed by atoms with E-state index in [1.165, 1.54) is 18.2 Å². The van der Waals surface area contributed by atoms with Crippen LogP contribution in [0.1, 0.15) is 45.4 Å². The average Bonchev–Trinajstić information content (AvgIpc) is 2.53. The molecule has 1 aromatic carbocycles. The fraction of sp³-hybridized carbons (Fsp3) is 0.294. The zero-order valence-electron chi connectivity index (χ0n) is 14.1. The van der Waals surface area contributed by atoms with E-state index in [2.05, 4.69) is 15.3 Å². The van der Waals surface area contributed by atoms with Gasteiger partial charge in [0, 0.05) is 12.5 Å². The van der Waals surface area contributed by atoms with Crippen molar-refractivity contribution in [3.8, 4) is 0 Å². The Labute approximate surface area is 153 Å². The third kappa shape index (κ3) is 3.28. The molecule has 0 saturated carbocycles. The Bertz CT molecular complexity index is 945. The van der Waals surface area contributed by atoms with Gasteiger partial charge < -0.3 is 0 Å². The SMILES string of the molecule is Cc1nc(NC(=O)c2cccc([N+](=O)[O-])c2Cl)nc2c1C(=O)C[C@H](C)C2. The quantitative estimate of drug-likeness (QED) is 0.650. The molecule has 3 rings (SSSR count). The van der Waals surface area contributed by atoms with E-state index in [9.17, 15) is 19.7 Å². The van der Waals surface area contributed by atoms with Gasteiger partial charge in [0.15, 0.2) is 5.78 Å². The zero-order valence-corrected chi connectivity index (χ0v) is 14.8. The van der Waals surface area contributed by atoms with Gasteiger partial charge >= 0.3 is 0 Å². The lowest BCUT2D eigenvalue weighted by Crippen LogP contribution is -2.23. The first-order valence-electron chi connectivity index (χ1n) is 7.93. The third-order valence-corrected chi connectivity index (χ3v) is 4.56. The lowest BCUT2D eigenvalue weighted by Gasteiger charge is -2.21. The first-order valence-corrected chi connectivity index (χ1v) is 8.30. The van der Waals surface area contributed by atoms with Gasteiger partial charge in [-0.25, -0.2) is 9.97 Å². The van der Waals surface area contributed by atoms with Crippen molar-refractivity contribution in [3.63, 3.8) is 0 Å². The number of anilines is 1. The van der Waals surface area contributed by atoms with Crippen molar-refractivity contribution in [1.29, 1.82) is 0 Å². The number of halogens is 1. The molecule has 1 aliphatic carbocycles. The van der Waals surface area contributed by atoms with Crippen LogP contribution in [-0.2, 0) is 6.42 Å². The van der Waals surface area contributed by atoms with E-state index < -0.39 is 10.8 Å². The number of carbonyl (C=O) groups excluding carboxylic acids is 2. The molecule has 1 aromatic heterocycles. The van der Waals surface area contributed by atoms with Crippen LogP contribution in [0, 0.1) is 23.0 Å². The predicted molar refractivity (Wildman–Crippen MR) is 94.6 cm³/mol. The molecule has 1 aliphatic rings. The van der Waals surface area contributed by atoms with Crippen LogP contribution < -0.4 is 5.32 Å². The minimum atomic E-state index is -0.661. The number of nitrogens with one attached hydrogen (secondary N) is 1. The summed E-state index contributed by atoms with van der Waals surface area (Å²) in [6.45, 7) is 3.64. The Hall–Kier alpha value is -2.87. The number of Topliss-reactive ketones (excluding diaryl/α,β-unsaturated/α-hetero) is 1. The van der Waals surface area contributed by atoms with Crippen LogP contribution in [0.2, 0.25) is 5.02 Å². The normalized spacial score (nSPS) is 16.1. The van der Waals surface area contributed by atoms with Gasteiger partial charge in [-0.3, -0.25) is 25.0 Å². The standard InChI is InChI=1S/C17H15ClN4O4/c1-8-6-11-14(13(23)7-8)9(2)19-17(20-11)21-16(24)10-4-3-5-12(15(10)18)22(25)26/h3-5,8H,6-7H2,1-2H3,(H,19,20,21,24)/t8-/m1/s1. The number of hydrogen-bond acceptors (Lipinski definition) is 6. The molecule has 0 spiro atoms. The van der Waals surface area contributed by atoms with E-state index >= 15 is 0 Å². The van der Waals surface area contributed by atoms with E-state index in [1.54, 1.807) is 6.92 Å². The molecule has 9 heteroatoms. The zero-order chi connectivity index (χ0) is 19.0. The lowest BCUT2D eigenvalue weighted by atomic mass is 9.86. The van der Waals surface area contributed by atoms with E-state index in [0.29, 0.717) is 29.8 Å². The number of aryl methyl sites for hydroxylation is 1. The van der Waals surface area contributed by atoms with E-state index in [0.717, 1.165) is 0 Å². The van der Waals surface area contributed by atoms with Gasteiger partial charge in [0.25, 0.3) is 11.6 Å². The first-order chi connectivity index (χ1) is 12.3. The highest BCUT2D eigenvalue weighted by atomic mass is 35.5. The smallest absolute Gasteiger partial charge is 0.288 e. The first kappa shape index (κ1) is 17.9. The molecule has 0 fully saturated rings. The number of nitro benzene ring substituents is 1. The Balaban J connectivity index is 1.93. The summed E-state index contributed by atoms with van der Waals surface area (Å²) in [5.41, 5.74) is 1.19. The maximum absolute atomic E-state index is 12.5. The summed E-state index contributed by atoms with van der Waals surface area (Å²) in [4.78, 5) is 43.4. The summed E-state index contributed by atoms with van der Waals surface area (Å²) < 4.78 is 0. The molecule has 1 amide bonds. The van der Waals surface area contributed by atoms with Crippen molar-refractivity contribution in [2.24, 2.45) is 5.92 Å². The molecule has 1 heterocycles. The fourth-order valence-electron chi connectivity index (χ4n) is 3.02. The Morgan fingerprint density at radius 3 is 2.77 bits per heavy atom. The second-order valence-corrected chi connectivity index (χ2v) is 6.62. The molecular weight excluding hydrogens is 360 g/mol. The number of aromatic nitrogens is 2. The van der Waals surface area contributed by atoms with Crippen LogP contribution in [0.5, 0.6) is 0 Å². The highest BCUT2D eigenvalue weighted by Gasteiger charge is 2.27. The van der Waals surface area contributed by atoms with Crippen molar-refractivity contribution in [1.82, 2.24) is 9.97 Å². The second kappa shape index (κ2) is 6.80. The van der Waals surface area contributed by atoms with Gasteiger partial charge in [-0.1, -0.05) is 24.6 Å². The second-order valence-electron chi connectivity index (χ2n) is 6.24. The van der Waals surface area contributed by atoms with E-state index in [-0.39, 0.29) is 33.9 Å². The Kier molecular flexibility index (Phi) is 4.69. The molecule has 0 radical (unpaired) electrons. The predicted octanol–water partition coefficient (Wildman–Crippen LogP) is 3.36. The number of benzene rings is 1. The largest absolute Gasteiger partial charge is 0.294 e. The van der Waals surface area contributed by atoms with E-state index in [1.807, 2.05) is 6.92 Å². The highest BCUT2D eigenvalue weighted by Crippen LogP contribution is 2.29. The van der Waals surface area contributed by atoms with Gasteiger partial charge in [0.1, 0.15) is 5.02 Å². The molecule has 1 atom stereocenters. The number of amides is 1. The summed E-state index contributed by atoms with van der Waals surface area (Å²) in [6.07, 6.45) is 1.07. The van der Waals surface area contributed by atoms with Crippen molar-refractivity contribution < 1.29 is 14.5 Å². The number of hydrogen-bond donors (Lipinski definition) is 1. The average molecular weight is 375 g/mol. The van der Waals surface area contributed by atoms with Crippen LogP contribution in [0.3, 0.4) is 0 Å². The molecule has 26 heavy (non-hydrogen) atoms. The fourth-order valence-corrected chi connectivity index (χ4v) is 3.31.